The van der Waals surface area contributed by atoms with Gasteiger partial charge < -0.3 is 0 Å². The van der Waals surface area contributed by atoms with E-state index >= 15 is 0 Å². The Labute approximate surface area is 126 Å². The Hall–Kier alpha value is -1.75. The van der Waals surface area contributed by atoms with E-state index in [1.807, 2.05) is 11.4 Å². The molecule has 0 atom stereocenters. The fraction of sp³-hybridized carbons (Fsp3) is 0.214. The molecule has 1 aliphatic rings. The van der Waals surface area contributed by atoms with Gasteiger partial charge in [0.1, 0.15) is 11.9 Å². The number of thiophene rings is 1. The van der Waals surface area contributed by atoms with Crippen molar-refractivity contribution in [2.45, 2.75) is 17.9 Å². The molecule has 0 radical (unpaired) electrons. The summed E-state index contributed by atoms with van der Waals surface area (Å²) < 4.78 is 39.9. The molecule has 0 aliphatic carbocycles. The third kappa shape index (κ3) is 2.46. The minimum absolute atomic E-state index is 0.0425. The first kappa shape index (κ1) is 14.2. The number of hydrogen-bond acceptors (Lipinski definition) is 4. The van der Waals surface area contributed by atoms with Gasteiger partial charge in [0.05, 0.1) is 10.5 Å². The molecule has 3 rings (SSSR count). The minimum atomic E-state index is -3.71. The molecule has 0 amide bonds. The van der Waals surface area contributed by atoms with Crippen LogP contribution in [0.5, 0.6) is 0 Å². The maximum Gasteiger partial charge on any atom is 0.243 e. The topological polar surface area (TPSA) is 61.2 Å². The maximum absolute atomic E-state index is 13.3. The van der Waals surface area contributed by atoms with Gasteiger partial charge in [0.15, 0.2) is 0 Å². The number of halogens is 1. The number of nitriles is 1. The summed E-state index contributed by atoms with van der Waals surface area (Å²) in [4.78, 5) is 1.16. The molecule has 1 aromatic heterocycles. The Morgan fingerprint density at radius 1 is 1.33 bits per heavy atom. The van der Waals surface area contributed by atoms with E-state index in [0.717, 1.165) is 17.7 Å². The van der Waals surface area contributed by atoms with Crippen LogP contribution >= 0.6 is 11.3 Å². The van der Waals surface area contributed by atoms with Gasteiger partial charge in [-0.15, -0.1) is 11.3 Å². The van der Waals surface area contributed by atoms with Gasteiger partial charge in [-0.2, -0.15) is 9.57 Å². The van der Waals surface area contributed by atoms with Crippen molar-refractivity contribution < 1.29 is 12.8 Å². The van der Waals surface area contributed by atoms with Gasteiger partial charge in [0.25, 0.3) is 0 Å². The second-order valence-corrected chi connectivity index (χ2v) is 7.65. The summed E-state index contributed by atoms with van der Waals surface area (Å²) in [6, 6.07) is 6.90. The number of nitrogens with zero attached hydrogens (tertiary/aromatic N) is 2. The highest BCUT2D eigenvalue weighted by molar-refractivity contribution is 7.89. The minimum Gasteiger partial charge on any atom is -0.207 e. The summed E-state index contributed by atoms with van der Waals surface area (Å²) in [6.07, 6.45) is 0.679. The van der Waals surface area contributed by atoms with Crippen LogP contribution in [0.4, 0.5) is 4.39 Å². The predicted octanol–water partition coefficient (Wildman–Crippen LogP) is 2.51. The van der Waals surface area contributed by atoms with Crippen LogP contribution in [-0.4, -0.2) is 19.3 Å². The van der Waals surface area contributed by atoms with Crippen LogP contribution < -0.4 is 0 Å². The predicted molar refractivity (Wildman–Crippen MR) is 76.7 cm³/mol. The monoisotopic (exact) mass is 322 g/mol. The van der Waals surface area contributed by atoms with E-state index in [1.54, 1.807) is 17.4 Å². The van der Waals surface area contributed by atoms with E-state index in [1.165, 1.54) is 15.2 Å². The molecule has 21 heavy (non-hydrogen) atoms. The van der Waals surface area contributed by atoms with Crippen LogP contribution in [0.15, 0.2) is 34.5 Å². The van der Waals surface area contributed by atoms with Crippen molar-refractivity contribution in [3.05, 3.63) is 51.5 Å². The number of hydrogen-bond donors (Lipinski definition) is 0. The van der Waals surface area contributed by atoms with Gasteiger partial charge in [0, 0.05) is 18.0 Å². The summed E-state index contributed by atoms with van der Waals surface area (Å²) in [6.45, 7) is 0.718. The molecule has 2 heterocycles. The standard InChI is InChI=1S/C14H11FN2O2S2/c15-13-2-1-12(7-11(13)8-16)21(18,19)17-5-3-14-10(9-17)4-6-20-14/h1-2,4,6-7H,3,5,9H2. The second-order valence-electron chi connectivity index (χ2n) is 4.71. The lowest BCUT2D eigenvalue weighted by molar-refractivity contribution is 0.394. The molecule has 1 aromatic carbocycles. The summed E-state index contributed by atoms with van der Waals surface area (Å²) >= 11 is 1.63. The van der Waals surface area contributed by atoms with Crippen LogP contribution in [0.3, 0.4) is 0 Å². The van der Waals surface area contributed by atoms with Gasteiger partial charge in [0.2, 0.25) is 10.0 Å². The summed E-state index contributed by atoms with van der Waals surface area (Å²) in [5, 5.41) is 10.8. The summed E-state index contributed by atoms with van der Waals surface area (Å²) in [7, 11) is -3.71. The first-order chi connectivity index (χ1) is 10.0. The van der Waals surface area contributed by atoms with Gasteiger partial charge in [-0.3, -0.25) is 0 Å². The van der Waals surface area contributed by atoms with Gasteiger partial charge in [-0.05, 0) is 41.6 Å². The van der Waals surface area contributed by atoms with E-state index in [2.05, 4.69) is 0 Å². The highest BCUT2D eigenvalue weighted by Crippen LogP contribution is 2.28. The summed E-state index contributed by atoms with van der Waals surface area (Å²) in [5.41, 5.74) is 0.752. The van der Waals surface area contributed by atoms with Gasteiger partial charge in [-0.25, -0.2) is 12.8 Å². The van der Waals surface area contributed by atoms with Crippen LogP contribution in [0.2, 0.25) is 0 Å². The van der Waals surface area contributed by atoms with Crippen molar-refractivity contribution in [3.63, 3.8) is 0 Å². The molecule has 4 nitrogen and oxygen atoms in total. The van der Waals surface area contributed by atoms with Gasteiger partial charge >= 0.3 is 0 Å². The van der Waals surface area contributed by atoms with Crippen LogP contribution in [0.1, 0.15) is 16.0 Å². The molecule has 108 valence electrons. The lowest BCUT2D eigenvalue weighted by atomic mass is 10.1. The SMILES string of the molecule is N#Cc1cc(S(=O)(=O)N2CCc3sccc3C2)ccc1F. The maximum atomic E-state index is 13.3. The first-order valence-corrected chi connectivity index (χ1v) is 8.59. The third-order valence-corrected chi connectivity index (χ3v) is 6.33. The molecular formula is C14H11FN2O2S2. The molecule has 0 N–H and O–H groups in total. The Kier molecular flexibility index (Phi) is 3.53. The van der Waals surface area contributed by atoms with Gasteiger partial charge in [-0.1, -0.05) is 0 Å². The molecule has 7 heteroatoms. The van der Waals surface area contributed by atoms with E-state index in [9.17, 15) is 12.8 Å². The van der Waals surface area contributed by atoms with E-state index in [0.29, 0.717) is 19.5 Å². The molecular weight excluding hydrogens is 311 g/mol. The van der Waals surface area contributed by atoms with Crippen LogP contribution in [0.25, 0.3) is 0 Å². The molecule has 0 unspecified atom stereocenters. The fourth-order valence-electron chi connectivity index (χ4n) is 2.33. The lowest BCUT2D eigenvalue weighted by Gasteiger charge is -2.26. The lowest BCUT2D eigenvalue weighted by Crippen LogP contribution is -2.35. The molecule has 1 aliphatic heterocycles. The normalized spacial score (nSPS) is 15.4. The average Bonchev–Trinajstić information content (AvgIpc) is 2.94. The van der Waals surface area contributed by atoms with E-state index in [4.69, 9.17) is 5.26 Å². The Morgan fingerprint density at radius 3 is 2.90 bits per heavy atom. The molecule has 0 fully saturated rings. The molecule has 0 saturated heterocycles. The highest BCUT2D eigenvalue weighted by Gasteiger charge is 2.29. The van der Waals surface area contributed by atoms with E-state index < -0.39 is 15.8 Å². The van der Waals surface area contributed by atoms with Crippen LogP contribution in [0, 0.1) is 17.1 Å². The number of rotatable bonds is 2. The Balaban J connectivity index is 1.97. The van der Waals surface area contributed by atoms with Crippen molar-refractivity contribution >= 4 is 21.4 Å². The Morgan fingerprint density at radius 2 is 2.14 bits per heavy atom. The zero-order chi connectivity index (χ0) is 15.0. The third-order valence-electron chi connectivity index (χ3n) is 3.47. The van der Waals surface area contributed by atoms with Crippen molar-refractivity contribution in [2.24, 2.45) is 0 Å². The van der Waals surface area contributed by atoms with Crippen molar-refractivity contribution in [3.8, 4) is 6.07 Å². The second kappa shape index (κ2) is 5.22. The molecule has 0 bridgehead atoms. The summed E-state index contributed by atoms with van der Waals surface area (Å²) in [5.74, 6) is -0.713. The van der Waals surface area contributed by atoms with Crippen molar-refractivity contribution in [1.29, 1.82) is 5.26 Å². The average molecular weight is 322 g/mol. The largest absolute Gasteiger partial charge is 0.243 e. The smallest absolute Gasteiger partial charge is 0.207 e. The quantitative estimate of drug-likeness (QED) is 0.853. The Bertz CT molecular complexity index is 837. The van der Waals surface area contributed by atoms with Crippen LogP contribution in [-0.2, 0) is 23.0 Å². The number of benzene rings is 1. The molecule has 0 saturated carbocycles. The first-order valence-electron chi connectivity index (χ1n) is 6.27. The number of fused-ring (bicyclic) bond motifs is 1. The zero-order valence-corrected chi connectivity index (χ0v) is 12.5. The molecule has 2 aromatic rings. The number of sulfonamides is 1. The fourth-order valence-corrected chi connectivity index (χ4v) is 4.66. The molecule has 0 spiro atoms. The highest BCUT2D eigenvalue weighted by atomic mass is 32.2. The van der Waals surface area contributed by atoms with Crippen molar-refractivity contribution in [2.75, 3.05) is 6.54 Å². The zero-order valence-electron chi connectivity index (χ0n) is 10.9. The van der Waals surface area contributed by atoms with E-state index in [-0.39, 0.29) is 10.5 Å². The van der Waals surface area contributed by atoms with Crippen molar-refractivity contribution in [1.82, 2.24) is 4.31 Å².